The fourth-order valence-corrected chi connectivity index (χ4v) is 6.50. The van der Waals surface area contributed by atoms with Gasteiger partial charge in [0.05, 0.1) is 12.6 Å². The largest absolute Gasteiger partial charge is 0.369 e. The van der Waals surface area contributed by atoms with E-state index >= 15 is 0 Å². The number of carbonyl (C=O) groups excluding carboxylic acids is 3. The zero-order chi connectivity index (χ0) is 20.8. The molecule has 1 saturated carbocycles. The van der Waals surface area contributed by atoms with Crippen molar-refractivity contribution in [1.29, 1.82) is 0 Å². The molecule has 0 bridgehead atoms. The van der Waals surface area contributed by atoms with Crippen LogP contribution in [0.4, 0.5) is 0 Å². The lowest BCUT2D eigenvalue weighted by molar-refractivity contribution is -0.154. The monoisotopic (exact) mass is 420 g/mol. The number of likely N-dealkylation sites (tertiary alicyclic amines) is 1. The molecule has 2 amide bonds. The average molecular weight is 420 g/mol. The Balaban J connectivity index is 1.63. The summed E-state index contributed by atoms with van der Waals surface area (Å²) >= 11 is 0. The standard InChI is InChI=1S/C19H24N4O5S/c20-17(25)19(8-3-1-4-9-19)18(26)22-11-7-13-16(22)14(24)12-23(13)29(27,28)15-6-2-5-10-21-15/h2,5-6,10,13,16H,1,3-4,7-9,11-12H2,(H2,20,25). The predicted octanol–water partition coefficient (Wildman–Crippen LogP) is 0.0603. The Hall–Kier alpha value is -2.33. The molecule has 29 heavy (non-hydrogen) atoms. The summed E-state index contributed by atoms with van der Waals surface area (Å²) in [7, 11) is -3.96. The highest BCUT2D eigenvalue weighted by Gasteiger charge is 2.57. The van der Waals surface area contributed by atoms with Crippen molar-refractivity contribution in [2.75, 3.05) is 13.1 Å². The van der Waals surface area contributed by atoms with E-state index in [1.54, 1.807) is 12.1 Å². The van der Waals surface area contributed by atoms with E-state index in [4.69, 9.17) is 5.73 Å². The van der Waals surface area contributed by atoms with Crippen LogP contribution in [0.3, 0.4) is 0 Å². The van der Waals surface area contributed by atoms with E-state index in [1.807, 2.05) is 0 Å². The number of hydrogen-bond donors (Lipinski definition) is 1. The van der Waals surface area contributed by atoms with Crippen LogP contribution >= 0.6 is 0 Å². The van der Waals surface area contributed by atoms with Gasteiger partial charge in [0.1, 0.15) is 11.5 Å². The molecule has 2 N–H and O–H groups in total. The van der Waals surface area contributed by atoms with Gasteiger partial charge >= 0.3 is 0 Å². The van der Waals surface area contributed by atoms with Gasteiger partial charge in [0.15, 0.2) is 10.8 Å². The number of sulfonamides is 1. The highest BCUT2D eigenvalue weighted by atomic mass is 32.2. The lowest BCUT2D eigenvalue weighted by atomic mass is 9.72. The molecule has 1 aromatic rings. The third kappa shape index (κ3) is 3.05. The Kier molecular flexibility index (Phi) is 4.94. The van der Waals surface area contributed by atoms with E-state index in [0.29, 0.717) is 19.3 Å². The predicted molar refractivity (Wildman–Crippen MR) is 102 cm³/mol. The fourth-order valence-electron chi connectivity index (χ4n) is 4.94. The maximum Gasteiger partial charge on any atom is 0.261 e. The minimum atomic E-state index is -3.96. The van der Waals surface area contributed by atoms with Crippen molar-refractivity contribution in [3.05, 3.63) is 24.4 Å². The number of ketones is 1. The second-order valence-electron chi connectivity index (χ2n) is 7.99. The second-order valence-corrected chi connectivity index (χ2v) is 9.83. The SMILES string of the molecule is NC(=O)C1(C(=O)N2CCC3C2C(=O)CN3S(=O)(=O)c2ccccn2)CCCCC1. The van der Waals surface area contributed by atoms with Crippen molar-refractivity contribution < 1.29 is 22.8 Å². The van der Waals surface area contributed by atoms with Gasteiger partial charge in [-0.15, -0.1) is 0 Å². The molecule has 3 heterocycles. The van der Waals surface area contributed by atoms with Crippen molar-refractivity contribution in [2.24, 2.45) is 11.1 Å². The summed E-state index contributed by atoms with van der Waals surface area (Å²) in [5, 5.41) is -0.126. The first-order valence-electron chi connectivity index (χ1n) is 9.85. The van der Waals surface area contributed by atoms with Crippen LogP contribution < -0.4 is 5.73 Å². The quantitative estimate of drug-likeness (QED) is 0.686. The van der Waals surface area contributed by atoms with E-state index in [-0.39, 0.29) is 23.9 Å². The average Bonchev–Trinajstić information content (AvgIpc) is 3.30. The number of rotatable bonds is 4. The fraction of sp³-hybridized carbons (Fsp3) is 0.579. The number of hydrogen-bond acceptors (Lipinski definition) is 6. The molecule has 0 aromatic carbocycles. The van der Waals surface area contributed by atoms with Crippen LogP contribution in [0.15, 0.2) is 29.4 Å². The van der Waals surface area contributed by atoms with Gasteiger partial charge < -0.3 is 10.6 Å². The molecule has 2 saturated heterocycles. The van der Waals surface area contributed by atoms with Crippen LogP contribution in [0.25, 0.3) is 0 Å². The second kappa shape index (κ2) is 7.17. The summed E-state index contributed by atoms with van der Waals surface area (Å²) in [4.78, 5) is 43.7. The van der Waals surface area contributed by atoms with Crippen molar-refractivity contribution in [3.8, 4) is 0 Å². The molecular weight excluding hydrogens is 396 g/mol. The van der Waals surface area contributed by atoms with Crippen molar-refractivity contribution in [1.82, 2.24) is 14.2 Å². The van der Waals surface area contributed by atoms with Gasteiger partial charge in [-0.05, 0) is 31.4 Å². The topological polar surface area (TPSA) is 131 Å². The molecule has 0 radical (unpaired) electrons. The summed E-state index contributed by atoms with van der Waals surface area (Å²) in [6.07, 6.45) is 4.85. The van der Waals surface area contributed by atoms with E-state index in [2.05, 4.69) is 4.98 Å². The molecule has 1 aromatic heterocycles. The molecule has 3 aliphatic rings. The zero-order valence-electron chi connectivity index (χ0n) is 16.0. The smallest absolute Gasteiger partial charge is 0.261 e. The Morgan fingerprint density at radius 3 is 2.52 bits per heavy atom. The van der Waals surface area contributed by atoms with Gasteiger partial charge in [-0.1, -0.05) is 25.3 Å². The van der Waals surface area contributed by atoms with Crippen LogP contribution in [0, 0.1) is 5.41 Å². The number of primary amides is 1. The van der Waals surface area contributed by atoms with E-state index in [0.717, 1.165) is 23.6 Å². The van der Waals surface area contributed by atoms with Crippen LogP contribution in [0.2, 0.25) is 0 Å². The number of pyridine rings is 1. The minimum Gasteiger partial charge on any atom is -0.369 e. The van der Waals surface area contributed by atoms with Gasteiger partial charge in [-0.3, -0.25) is 14.4 Å². The summed E-state index contributed by atoms with van der Waals surface area (Å²) in [6.45, 7) is -0.0786. The zero-order valence-corrected chi connectivity index (χ0v) is 16.8. The van der Waals surface area contributed by atoms with Crippen molar-refractivity contribution in [3.63, 3.8) is 0 Å². The third-order valence-corrected chi connectivity index (χ3v) is 8.22. The molecule has 3 fully saturated rings. The van der Waals surface area contributed by atoms with Gasteiger partial charge in [-0.2, -0.15) is 4.31 Å². The Morgan fingerprint density at radius 2 is 1.90 bits per heavy atom. The highest BCUT2D eigenvalue weighted by molar-refractivity contribution is 7.89. The molecule has 2 aliphatic heterocycles. The van der Waals surface area contributed by atoms with Crippen LogP contribution in [0.5, 0.6) is 0 Å². The number of fused-ring (bicyclic) bond motifs is 1. The maximum atomic E-state index is 13.4. The Morgan fingerprint density at radius 1 is 1.17 bits per heavy atom. The van der Waals surface area contributed by atoms with Crippen molar-refractivity contribution >= 4 is 27.6 Å². The first-order chi connectivity index (χ1) is 13.8. The molecule has 4 rings (SSSR count). The van der Waals surface area contributed by atoms with E-state index < -0.39 is 39.3 Å². The van der Waals surface area contributed by atoms with Gasteiger partial charge in [0.2, 0.25) is 11.8 Å². The third-order valence-electron chi connectivity index (χ3n) is 6.44. The van der Waals surface area contributed by atoms with Gasteiger partial charge in [0.25, 0.3) is 10.0 Å². The first-order valence-corrected chi connectivity index (χ1v) is 11.3. The van der Waals surface area contributed by atoms with Gasteiger partial charge in [0, 0.05) is 12.7 Å². The molecule has 2 unspecified atom stereocenters. The Labute approximate surface area is 169 Å². The van der Waals surface area contributed by atoms with Gasteiger partial charge in [-0.25, -0.2) is 13.4 Å². The maximum absolute atomic E-state index is 13.4. The molecule has 0 spiro atoms. The summed E-state index contributed by atoms with van der Waals surface area (Å²) in [6, 6.07) is 3.04. The molecule has 10 heteroatoms. The summed E-state index contributed by atoms with van der Waals surface area (Å²) in [5.74, 6) is -1.42. The number of aromatic nitrogens is 1. The van der Waals surface area contributed by atoms with E-state index in [1.165, 1.54) is 17.2 Å². The number of carbonyl (C=O) groups is 3. The molecule has 2 atom stereocenters. The molecule has 9 nitrogen and oxygen atoms in total. The lowest BCUT2D eigenvalue weighted by Gasteiger charge is -2.37. The number of nitrogens with zero attached hydrogens (tertiary/aromatic N) is 3. The summed E-state index contributed by atoms with van der Waals surface area (Å²) < 4.78 is 27.2. The normalized spacial score (nSPS) is 27.0. The molecule has 156 valence electrons. The molecular formula is C19H24N4O5S. The van der Waals surface area contributed by atoms with Crippen LogP contribution in [-0.4, -0.2) is 65.4 Å². The highest BCUT2D eigenvalue weighted by Crippen LogP contribution is 2.41. The lowest BCUT2D eigenvalue weighted by Crippen LogP contribution is -2.55. The summed E-state index contributed by atoms with van der Waals surface area (Å²) in [5.41, 5.74) is 4.34. The Bertz CT molecular complexity index is 943. The van der Waals surface area contributed by atoms with Crippen LogP contribution in [0.1, 0.15) is 38.5 Å². The first kappa shape index (κ1) is 20.0. The number of Topliss-reactive ketones (excluding diaryl/α,β-unsaturated/α-hetero) is 1. The molecule has 1 aliphatic carbocycles. The minimum absolute atomic E-state index is 0.126. The van der Waals surface area contributed by atoms with Crippen molar-refractivity contribution in [2.45, 2.75) is 55.6 Å². The number of nitrogens with two attached hydrogens (primary N) is 1. The van der Waals surface area contributed by atoms with E-state index in [9.17, 15) is 22.8 Å². The number of amides is 2. The van der Waals surface area contributed by atoms with Crippen LogP contribution in [-0.2, 0) is 24.4 Å².